The molecule has 9 heteroatoms. The van der Waals surface area contributed by atoms with E-state index in [1.165, 1.54) is 18.2 Å². The molecule has 1 atom stereocenters. The molecule has 1 aliphatic rings. The maximum absolute atomic E-state index is 15.6. The number of nitrogens with zero attached hydrogens (tertiary/aromatic N) is 3. The highest BCUT2D eigenvalue weighted by Crippen LogP contribution is 2.48. The molecular formula is C18H15BrF4N3O+. The van der Waals surface area contributed by atoms with E-state index in [0.29, 0.717) is 10.5 Å². The van der Waals surface area contributed by atoms with Crippen molar-refractivity contribution < 1.29 is 27.4 Å². The molecule has 1 aliphatic heterocycles. The van der Waals surface area contributed by atoms with E-state index in [-0.39, 0.29) is 12.0 Å². The number of aryl methyl sites for hydroxylation is 1. The third-order valence-corrected chi connectivity index (χ3v) is 4.92. The SMILES string of the molecule is CCc1cc(Br)ccc1C(F)(F)C(O)(C[N+]1=NN=C1)c1ccc(F)cc1F. The predicted molar refractivity (Wildman–Crippen MR) is 93.7 cm³/mol. The zero-order valence-electron chi connectivity index (χ0n) is 14.1. The van der Waals surface area contributed by atoms with Crippen LogP contribution in [0.15, 0.2) is 51.2 Å². The summed E-state index contributed by atoms with van der Waals surface area (Å²) in [6, 6.07) is 6.21. The Labute approximate surface area is 161 Å². The van der Waals surface area contributed by atoms with Crippen molar-refractivity contribution in [3.8, 4) is 0 Å². The lowest BCUT2D eigenvalue weighted by atomic mass is 9.81. The highest BCUT2D eigenvalue weighted by Gasteiger charge is 2.58. The Morgan fingerprint density at radius 3 is 2.33 bits per heavy atom. The van der Waals surface area contributed by atoms with Gasteiger partial charge in [-0.1, -0.05) is 28.9 Å². The Bertz CT molecular complexity index is 948. The molecule has 3 rings (SSSR count). The Hall–Kier alpha value is -2.13. The highest BCUT2D eigenvalue weighted by atomic mass is 79.9. The highest BCUT2D eigenvalue weighted by molar-refractivity contribution is 9.10. The quantitative estimate of drug-likeness (QED) is 0.509. The maximum Gasteiger partial charge on any atom is 0.309 e. The molecule has 1 heterocycles. The van der Waals surface area contributed by atoms with Gasteiger partial charge in [-0.3, -0.25) is 0 Å². The molecule has 27 heavy (non-hydrogen) atoms. The van der Waals surface area contributed by atoms with E-state index < -0.39 is 40.8 Å². The summed E-state index contributed by atoms with van der Waals surface area (Å²) in [6.07, 6.45) is 1.40. The van der Waals surface area contributed by atoms with Gasteiger partial charge in [-0.2, -0.15) is 8.78 Å². The minimum Gasteiger partial charge on any atom is -0.376 e. The summed E-state index contributed by atoms with van der Waals surface area (Å²) in [5.41, 5.74) is -3.91. The second kappa shape index (κ2) is 7.12. The molecular weight excluding hydrogens is 430 g/mol. The van der Waals surface area contributed by atoms with Crippen LogP contribution in [0.1, 0.15) is 23.6 Å². The van der Waals surface area contributed by atoms with E-state index in [1.807, 2.05) is 0 Å². The molecule has 142 valence electrons. The maximum atomic E-state index is 15.6. The number of hydrogen-bond acceptors (Lipinski definition) is 3. The second-order valence-corrected chi connectivity index (χ2v) is 7.05. The lowest BCUT2D eigenvalue weighted by Gasteiger charge is -2.36. The van der Waals surface area contributed by atoms with Gasteiger partial charge in [0.25, 0.3) is 6.34 Å². The van der Waals surface area contributed by atoms with Gasteiger partial charge in [0.15, 0.2) is 5.60 Å². The molecule has 2 aromatic carbocycles. The zero-order valence-corrected chi connectivity index (χ0v) is 15.7. The average Bonchev–Trinajstić information content (AvgIpc) is 2.57. The van der Waals surface area contributed by atoms with Crippen molar-refractivity contribution in [2.45, 2.75) is 24.9 Å². The van der Waals surface area contributed by atoms with Crippen LogP contribution in [0, 0.1) is 11.6 Å². The first-order chi connectivity index (χ1) is 12.7. The smallest absolute Gasteiger partial charge is 0.309 e. The summed E-state index contributed by atoms with van der Waals surface area (Å²) < 4.78 is 60.5. The number of halogens is 5. The molecule has 0 spiro atoms. The van der Waals surface area contributed by atoms with Crippen LogP contribution in [-0.2, 0) is 17.9 Å². The Balaban J connectivity index is 2.20. The van der Waals surface area contributed by atoms with Crippen molar-refractivity contribution in [2.75, 3.05) is 6.54 Å². The van der Waals surface area contributed by atoms with E-state index in [0.717, 1.165) is 23.2 Å². The normalized spacial score (nSPS) is 15.9. The Morgan fingerprint density at radius 2 is 1.78 bits per heavy atom. The molecule has 0 bridgehead atoms. The monoisotopic (exact) mass is 444 g/mol. The summed E-state index contributed by atoms with van der Waals surface area (Å²) in [7, 11) is 0. The summed E-state index contributed by atoms with van der Waals surface area (Å²) >= 11 is 3.23. The largest absolute Gasteiger partial charge is 0.376 e. The Kier molecular flexibility index (Phi) is 5.18. The minimum absolute atomic E-state index is 0.266. The number of hydrogen-bond donors (Lipinski definition) is 1. The first-order valence-electron chi connectivity index (χ1n) is 8.04. The molecule has 0 fully saturated rings. The van der Waals surface area contributed by atoms with Crippen LogP contribution < -0.4 is 0 Å². The molecule has 4 nitrogen and oxygen atoms in total. The van der Waals surface area contributed by atoms with Gasteiger partial charge in [0.1, 0.15) is 18.2 Å². The predicted octanol–water partition coefficient (Wildman–Crippen LogP) is 4.69. The van der Waals surface area contributed by atoms with Gasteiger partial charge >= 0.3 is 5.92 Å². The second-order valence-electron chi connectivity index (χ2n) is 6.13. The number of β-amino-alcohol motifs (C(OH)–C–C–N with tert-alkyl or cyclic N) is 1. The van der Waals surface area contributed by atoms with Crippen LogP contribution in [0.5, 0.6) is 0 Å². The van der Waals surface area contributed by atoms with Gasteiger partial charge in [0.05, 0.1) is 5.22 Å². The molecule has 0 saturated heterocycles. The number of rotatable bonds is 6. The van der Waals surface area contributed by atoms with Gasteiger partial charge in [-0.25, -0.2) is 8.78 Å². The van der Waals surface area contributed by atoms with Crippen LogP contribution in [-0.4, -0.2) is 22.7 Å². The summed E-state index contributed by atoms with van der Waals surface area (Å²) in [5.74, 6) is -6.11. The third-order valence-electron chi connectivity index (χ3n) is 4.42. The zero-order chi connectivity index (χ0) is 19.8. The van der Waals surface area contributed by atoms with Gasteiger partial charge in [0.2, 0.25) is 0 Å². The van der Waals surface area contributed by atoms with E-state index in [1.54, 1.807) is 6.92 Å². The number of benzene rings is 2. The van der Waals surface area contributed by atoms with Crippen molar-refractivity contribution in [2.24, 2.45) is 10.3 Å². The molecule has 0 aliphatic carbocycles. The minimum atomic E-state index is -3.91. The fraction of sp³-hybridized carbons (Fsp3) is 0.278. The van der Waals surface area contributed by atoms with Crippen molar-refractivity contribution in [3.05, 3.63) is 69.2 Å². The Morgan fingerprint density at radius 1 is 1.11 bits per heavy atom. The topological polar surface area (TPSA) is 48.0 Å². The fourth-order valence-corrected chi connectivity index (χ4v) is 3.40. The van der Waals surface area contributed by atoms with E-state index in [2.05, 4.69) is 26.3 Å². The van der Waals surface area contributed by atoms with E-state index >= 15 is 8.78 Å². The van der Waals surface area contributed by atoms with Gasteiger partial charge in [-0.05, 0) is 36.2 Å². The van der Waals surface area contributed by atoms with Crippen LogP contribution in [0.3, 0.4) is 0 Å². The standard InChI is InChI=1S/C18H15BrF4N3O/c1-2-11-7-12(19)3-5-14(11)18(22,23)17(27,9-26-10-24-25-26)15-6-4-13(20)8-16(15)21/h3-8,10,27H,2,9H2,1H3/q+1. The van der Waals surface area contributed by atoms with E-state index in [4.69, 9.17) is 0 Å². The molecule has 2 aromatic rings. The third kappa shape index (κ3) is 3.41. The summed E-state index contributed by atoms with van der Waals surface area (Å²) in [4.78, 5) is 0. The van der Waals surface area contributed by atoms with Crippen molar-refractivity contribution in [1.29, 1.82) is 0 Å². The van der Waals surface area contributed by atoms with Crippen LogP contribution in [0.2, 0.25) is 0 Å². The molecule has 0 amide bonds. The van der Waals surface area contributed by atoms with Crippen LogP contribution in [0.4, 0.5) is 17.6 Å². The van der Waals surface area contributed by atoms with Crippen LogP contribution >= 0.6 is 15.9 Å². The average molecular weight is 445 g/mol. The molecule has 0 radical (unpaired) electrons. The summed E-state index contributed by atoms with van der Waals surface area (Å²) in [5, 5.41) is 18.0. The van der Waals surface area contributed by atoms with Gasteiger partial charge in [0, 0.05) is 26.8 Å². The first-order valence-corrected chi connectivity index (χ1v) is 8.83. The van der Waals surface area contributed by atoms with Gasteiger partial charge < -0.3 is 5.11 Å². The van der Waals surface area contributed by atoms with Crippen LogP contribution in [0.25, 0.3) is 0 Å². The number of aliphatic hydroxyl groups is 1. The first kappa shape index (κ1) is 19.6. The van der Waals surface area contributed by atoms with Crippen molar-refractivity contribution in [3.63, 3.8) is 0 Å². The van der Waals surface area contributed by atoms with Crippen molar-refractivity contribution in [1.82, 2.24) is 0 Å². The molecule has 1 N–H and O–H groups in total. The van der Waals surface area contributed by atoms with Crippen molar-refractivity contribution >= 4 is 22.3 Å². The van der Waals surface area contributed by atoms with Gasteiger partial charge in [-0.15, -0.1) is 4.70 Å². The molecule has 0 aromatic heterocycles. The fourth-order valence-electron chi connectivity index (χ4n) is 2.99. The summed E-state index contributed by atoms with van der Waals surface area (Å²) in [6.45, 7) is 0.932. The van der Waals surface area contributed by atoms with E-state index in [9.17, 15) is 13.9 Å². The molecule has 0 saturated carbocycles. The number of alkyl halides is 2. The lowest BCUT2D eigenvalue weighted by molar-refractivity contribution is -0.527. The lowest BCUT2D eigenvalue weighted by Crippen LogP contribution is -2.50. The molecule has 1 unspecified atom stereocenters.